The van der Waals surface area contributed by atoms with E-state index in [2.05, 4.69) is 43.4 Å². The van der Waals surface area contributed by atoms with Crippen molar-refractivity contribution in [2.24, 2.45) is 0 Å². The summed E-state index contributed by atoms with van der Waals surface area (Å²) in [6, 6.07) is 9.98. The van der Waals surface area contributed by atoms with Crippen LogP contribution in [0.3, 0.4) is 0 Å². The summed E-state index contributed by atoms with van der Waals surface area (Å²) in [5, 5.41) is 3.59. The Hall–Kier alpha value is -0.820. The molecule has 0 heterocycles. The number of hydrogen-bond acceptors (Lipinski definition) is 1. The quantitative estimate of drug-likeness (QED) is 0.769. The highest BCUT2D eigenvalue weighted by atomic mass is 14.9. The van der Waals surface area contributed by atoms with Gasteiger partial charge in [-0.1, -0.05) is 44.5 Å². The van der Waals surface area contributed by atoms with Crippen LogP contribution in [0.1, 0.15) is 50.2 Å². The van der Waals surface area contributed by atoms with Gasteiger partial charge in [-0.2, -0.15) is 0 Å². The zero-order valence-electron chi connectivity index (χ0n) is 10.5. The van der Waals surface area contributed by atoms with E-state index in [4.69, 9.17) is 0 Å². The zero-order valence-corrected chi connectivity index (χ0v) is 10.5. The van der Waals surface area contributed by atoms with Crippen LogP contribution in [0.15, 0.2) is 24.3 Å². The van der Waals surface area contributed by atoms with Gasteiger partial charge in [-0.3, -0.25) is 0 Å². The van der Waals surface area contributed by atoms with Gasteiger partial charge in [0, 0.05) is 12.6 Å². The second kappa shape index (κ2) is 5.49. The van der Waals surface area contributed by atoms with Gasteiger partial charge in [-0.15, -0.1) is 0 Å². The molecule has 1 fully saturated rings. The third-order valence-corrected chi connectivity index (χ3v) is 3.38. The number of nitrogens with one attached hydrogen (secondary N) is 1. The van der Waals surface area contributed by atoms with E-state index in [1.165, 1.54) is 36.8 Å². The maximum absolute atomic E-state index is 3.59. The van der Waals surface area contributed by atoms with Crippen LogP contribution < -0.4 is 5.32 Å². The van der Waals surface area contributed by atoms with Gasteiger partial charge in [0.05, 0.1) is 0 Å². The van der Waals surface area contributed by atoms with Crippen molar-refractivity contribution >= 4 is 0 Å². The fourth-order valence-corrected chi connectivity index (χ4v) is 2.05. The van der Waals surface area contributed by atoms with Crippen molar-refractivity contribution in [3.63, 3.8) is 0 Å². The second-order valence-electron chi connectivity index (χ2n) is 5.08. The molecule has 1 aromatic rings. The van der Waals surface area contributed by atoms with Crippen LogP contribution in [-0.4, -0.2) is 12.6 Å². The predicted molar refractivity (Wildman–Crippen MR) is 69.9 cm³/mol. The molecular weight excluding hydrogens is 194 g/mol. The molecule has 0 bridgehead atoms. The molecule has 1 aromatic carbocycles. The molecule has 16 heavy (non-hydrogen) atoms. The lowest BCUT2D eigenvalue weighted by molar-refractivity contribution is 0.612. The maximum atomic E-state index is 3.59. The van der Waals surface area contributed by atoms with Crippen LogP contribution in [0.25, 0.3) is 0 Å². The molecule has 1 aliphatic rings. The fraction of sp³-hybridized carbons (Fsp3) is 0.600. The van der Waals surface area contributed by atoms with E-state index >= 15 is 0 Å². The molecule has 1 aliphatic carbocycles. The summed E-state index contributed by atoms with van der Waals surface area (Å²) in [4.78, 5) is 0. The van der Waals surface area contributed by atoms with Crippen LogP contribution >= 0.6 is 0 Å². The van der Waals surface area contributed by atoms with Gasteiger partial charge in [0.25, 0.3) is 0 Å². The van der Waals surface area contributed by atoms with Crippen molar-refractivity contribution < 1.29 is 0 Å². The molecule has 0 spiro atoms. The first-order chi connectivity index (χ1) is 7.79. The molecule has 1 heteroatoms. The summed E-state index contributed by atoms with van der Waals surface area (Å²) in [6.07, 6.45) is 5.19. The van der Waals surface area contributed by atoms with Crippen molar-refractivity contribution in [3.8, 4) is 0 Å². The fourth-order valence-electron chi connectivity index (χ4n) is 2.05. The molecule has 88 valence electrons. The molecule has 0 radical (unpaired) electrons. The largest absolute Gasteiger partial charge is 0.313 e. The second-order valence-corrected chi connectivity index (χ2v) is 5.08. The van der Waals surface area contributed by atoms with Gasteiger partial charge in [-0.05, 0) is 36.3 Å². The van der Waals surface area contributed by atoms with Crippen molar-refractivity contribution in [1.82, 2.24) is 5.32 Å². The minimum absolute atomic E-state index is 0.635. The average Bonchev–Trinajstić information content (AvgIpc) is 3.11. The Bertz CT molecular complexity index is 311. The van der Waals surface area contributed by atoms with E-state index in [0.717, 1.165) is 12.6 Å². The smallest absolute Gasteiger partial charge is 0.00684 e. The van der Waals surface area contributed by atoms with E-state index in [1.54, 1.807) is 0 Å². The molecule has 2 rings (SSSR count). The first-order valence-corrected chi connectivity index (χ1v) is 6.62. The van der Waals surface area contributed by atoms with Crippen LogP contribution in [0.2, 0.25) is 0 Å². The molecule has 0 aliphatic heterocycles. The molecular formula is C15H23N. The van der Waals surface area contributed by atoms with E-state index in [0.29, 0.717) is 5.92 Å². The SMILES string of the molecule is CCCc1ccc(C(C)CNC2CC2)cc1. The standard InChI is InChI=1S/C15H23N/c1-3-4-13-5-7-14(8-6-13)12(2)11-16-15-9-10-15/h5-8,12,15-16H,3-4,9-11H2,1-2H3. The van der Waals surface area contributed by atoms with Crippen LogP contribution in [0.5, 0.6) is 0 Å². The minimum Gasteiger partial charge on any atom is -0.313 e. The number of aryl methyl sites for hydroxylation is 1. The summed E-state index contributed by atoms with van der Waals surface area (Å²) in [5.74, 6) is 0.635. The lowest BCUT2D eigenvalue weighted by atomic mass is 9.98. The normalized spacial score (nSPS) is 17.4. The molecule has 1 unspecified atom stereocenters. The summed E-state index contributed by atoms with van der Waals surface area (Å²) in [6.45, 7) is 5.66. The minimum atomic E-state index is 0.635. The van der Waals surface area contributed by atoms with Gasteiger partial charge in [-0.25, -0.2) is 0 Å². The molecule has 1 nitrogen and oxygen atoms in total. The van der Waals surface area contributed by atoms with E-state index < -0.39 is 0 Å². The Kier molecular flexibility index (Phi) is 4.00. The van der Waals surface area contributed by atoms with Crippen LogP contribution in [-0.2, 0) is 6.42 Å². The Labute approximate surface area is 99.3 Å². The molecule has 0 amide bonds. The van der Waals surface area contributed by atoms with Gasteiger partial charge in [0.1, 0.15) is 0 Å². The van der Waals surface area contributed by atoms with Crippen molar-refractivity contribution in [2.75, 3.05) is 6.54 Å². The third kappa shape index (κ3) is 3.34. The first-order valence-electron chi connectivity index (χ1n) is 6.62. The molecule has 1 saturated carbocycles. The summed E-state index contributed by atoms with van der Waals surface area (Å²) in [7, 11) is 0. The molecule has 0 saturated heterocycles. The van der Waals surface area contributed by atoms with E-state index in [-0.39, 0.29) is 0 Å². The first kappa shape index (κ1) is 11.7. The van der Waals surface area contributed by atoms with E-state index in [9.17, 15) is 0 Å². The Morgan fingerprint density at radius 3 is 2.50 bits per heavy atom. The summed E-state index contributed by atoms with van der Waals surface area (Å²) < 4.78 is 0. The average molecular weight is 217 g/mol. The Morgan fingerprint density at radius 2 is 1.94 bits per heavy atom. The van der Waals surface area contributed by atoms with Gasteiger partial charge in [0.15, 0.2) is 0 Å². The number of hydrogen-bond donors (Lipinski definition) is 1. The highest BCUT2D eigenvalue weighted by molar-refractivity contribution is 5.25. The van der Waals surface area contributed by atoms with Gasteiger partial charge in [0.2, 0.25) is 0 Å². The van der Waals surface area contributed by atoms with E-state index in [1.807, 2.05) is 0 Å². The van der Waals surface area contributed by atoms with Gasteiger partial charge < -0.3 is 5.32 Å². The molecule has 0 aromatic heterocycles. The number of rotatable bonds is 6. The number of benzene rings is 1. The highest BCUT2D eigenvalue weighted by Crippen LogP contribution is 2.21. The summed E-state index contributed by atoms with van der Waals surface area (Å²) in [5.41, 5.74) is 2.93. The Balaban J connectivity index is 1.86. The zero-order chi connectivity index (χ0) is 11.4. The monoisotopic (exact) mass is 217 g/mol. The van der Waals surface area contributed by atoms with Gasteiger partial charge >= 0.3 is 0 Å². The van der Waals surface area contributed by atoms with Crippen LogP contribution in [0.4, 0.5) is 0 Å². The lowest BCUT2D eigenvalue weighted by Gasteiger charge is -2.13. The predicted octanol–water partition coefficient (Wildman–Crippen LogP) is 3.49. The maximum Gasteiger partial charge on any atom is 0.00684 e. The van der Waals surface area contributed by atoms with Crippen molar-refractivity contribution in [2.45, 2.75) is 51.5 Å². The molecule has 1 N–H and O–H groups in total. The highest BCUT2D eigenvalue weighted by Gasteiger charge is 2.21. The Morgan fingerprint density at radius 1 is 1.25 bits per heavy atom. The topological polar surface area (TPSA) is 12.0 Å². The van der Waals surface area contributed by atoms with Crippen molar-refractivity contribution in [1.29, 1.82) is 0 Å². The lowest BCUT2D eigenvalue weighted by Crippen LogP contribution is -2.21. The third-order valence-electron chi connectivity index (χ3n) is 3.38. The van der Waals surface area contributed by atoms with Crippen molar-refractivity contribution in [3.05, 3.63) is 35.4 Å². The molecule has 1 atom stereocenters. The van der Waals surface area contributed by atoms with Crippen LogP contribution in [0, 0.1) is 0 Å². The summed E-state index contributed by atoms with van der Waals surface area (Å²) >= 11 is 0.